The van der Waals surface area contributed by atoms with Crippen LogP contribution in [0.15, 0.2) is 53.8 Å². The van der Waals surface area contributed by atoms with Crippen molar-refractivity contribution in [2.24, 2.45) is 0 Å². The molecule has 2 aromatic rings. The van der Waals surface area contributed by atoms with Crippen molar-refractivity contribution < 1.29 is 34.1 Å². The standard InChI is InChI=1S/C25H26Cl2N2O7/c1-2-35-9-5-8-29-22(18-6-3-4-7-19(18)36-14-20(30)31)21(23(32)25(29)34)24(33)28-13-15-10-16(26)12-17(27)11-15/h3-4,6-7,10-12,22,32H,2,5,8-9,13-14H2,1H3,(H,28,33)(H,30,31). The summed E-state index contributed by atoms with van der Waals surface area (Å²) in [7, 11) is 0. The van der Waals surface area contributed by atoms with E-state index in [0.29, 0.717) is 40.8 Å². The molecular formula is C25H26Cl2N2O7. The number of para-hydroxylation sites is 1. The van der Waals surface area contributed by atoms with Crippen LogP contribution in [0.5, 0.6) is 5.75 Å². The maximum atomic E-state index is 13.3. The Kier molecular flexibility index (Phi) is 9.58. The van der Waals surface area contributed by atoms with Crippen LogP contribution in [0.25, 0.3) is 0 Å². The zero-order chi connectivity index (χ0) is 26.2. The molecule has 1 atom stereocenters. The average Bonchev–Trinajstić information content (AvgIpc) is 3.08. The Labute approximate surface area is 218 Å². The first-order chi connectivity index (χ1) is 17.2. The van der Waals surface area contributed by atoms with Gasteiger partial charge in [0, 0.05) is 41.9 Å². The van der Waals surface area contributed by atoms with E-state index in [4.69, 9.17) is 37.8 Å². The minimum absolute atomic E-state index is 0.0400. The Hall–Kier alpha value is -3.27. The molecular weight excluding hydrogens is 511 g/mol. The Bertz CT molecular complexity index is 1150. The summed E-state index contributed by atoms with van der Waals surface area (Å²) in [6.07, 6.45) is 0.456. The maximum absolute atomic E-state index is 13.3. The van der Waals surface area contributed by atoms with Crippen molar-refractivity contribution in [2.75, 3.05) is 26.4 Å². The van der Waals surface area contributed by atoms with Gasteiger partial charge >= 0.3 is 5.97 Å². The molecule has 0 aliphatic carbocycles. The molecule has 0 saturated carbocycles. The summed E-state index contributed by atoms with van der Waals surface area (Å²) in [6, 6.07) is 10.3. The van der Waals surface area contributed by atoms with Crippen LogP contribution in [0.3, 0.4) is 0 Å². The lowest BCUT2D eigenvalue weighted by atomic mass is 9.97. The van der Waals surface area contributed by atoms with E-state index in [1.54, 1.807) is 42.5 Å². The molecule has 3 rings (SSSR count). The van der Waals surface area contributed by atoms with Crippen LogP contribution in [0, 0.1) is 0 Å². The second-order valence-corrected chi connectivity index (χ2v) is 8.77. The Morgan fingerprint density at radius 1 is 1.14 bits per heavy atom. The van der Waals surface area contributed by atoms with Gasteiger partial charge in [-0.1, -0.05) is 41.4 Å². The monoisotopic (exact) mass is 536 g/mol. The highest BCUT2D eigenvalue weighted by atomic mass is 35.5. The zero-order valence-electron chi connectivity index (χ0n) is 19.5. The number of aliphatic hydroxyl groups is 1. The zero-order valence-corrected chi connectivity index (χ0v) is 21.0. The summed E-state index contributed by atoms with van der Waals surface area (Å²) in [5.74, 6) is -3.10. The number of hydrogen-bond donors (Lipinski definition) is 3. The molecule has 36 heavy (non-hydrogen) atoms. The molecule has 0 fully saturated rings. The number of rotatable bonds is 12. The molecule has 3 N–H and O–H groups in total. The van der Waals surface area contributed by atoms with Crippen molar-refractivity contribution in [1.29, 1.82) is 0 Å². The van der Waals surface area contributed by atoms with Crippen molar-refractivity contribution in [2.45, 2.75) is 25.9 Å². The van der Waals surface area contributed by atoms with Crippen LogP contribution in [0.2, 0.25) is 10.0 Å². The highest BCUT2D eigenvalue weighted by Crippen LogP contribution is 2.41. The third-order valence-corrected chi connectivity index (χ3v) is 5.82. The molecule has 11 heteroatoms. The Morgan fingerprint density at radius 2 is 1.83 bits per heavy atom. The quantitative estimate of drug-likeness (QED) is 0.351. The van der Waals surface area contributed by atoms with E-state index in [1.807, 2.05) is 6.92 Å². The van der Waals surface area contributed by atoms with Crippen LogP contribution >= 0.6 is 23.2 Å². The second-order valence-electron chi connectivity index (χ2n) is 7.89. The number of amides is 2. The van der Waals surface area contributed by atoms with Gasteiger partial charge in [-0.05, 0) is 43.2 Å². The van der Waals surface area contributed by atoms with Crippen LogP contribution in [-0.4, -0.2) is 59.3 Å². The van der Waals surface area contributed by atoms with Gasteiger partial charge in [0.2, 0.25) is 0 Å². The smallest absolute Gasteiger partial charge is 0.341 e. The van der Waals surface area contributed by atoms with Gasteiger partial charge < -0.3 is 29.9 Å². The molecule has 1 aliphatic rings. The van der Waals surface area contributed by atoms with E-state index in [2.05, 4.69) is 5.32 Å². The highest BCUT2D eigenvalue weighted by Gasteiger charge is 2.44. The maximum Gasteiger partial charge on any atom is 0.341 e. The number of ether oxygens (including phenoxy) is 2. The van der Waals surface area contributed by atoms with Crippen LogP contribution < -0.4 is 10.1 Å². The summed E-state index contributed by atoms with van der Waals surface area (Å²) in [5, 5.41) is 23.3. The predicted molar refractivity (Wildman–Crippen MR) is 133 cm³/mol. The second kappa shape index (κ2) is 12.6. The third kappa shape index (κ3) is 6.69. The first kappa shape index (κ1) is 27.3. The van der Waals surface area contributed by atoms with Gasteiger partial charge in [0.25, 0.3) is 11.8 Å². The lowest BCUT2D eigenvalue weighted by Gasteiger charge is -2.28. The third-order valence-electron chi connectivity index (χ3n) is 5.38. The molecule has 1 heterocycles. The van der Waals surface area contributed by atoms with E-state index >= 15 is 0 Å². The summed E-state index contributed by atoms with van der Waals surface area (Å²) in [4.78, 5) is 38.8. The van der Waals surface area contributed by atoms with E-state index in [9.17, 15) is 19.5 Å². The Morgan fingerprint density at radius 3 is 2.50 bits per heavy atom. The number of carbonyl (C=O) groups is 3. The lowest BCUT2D eigenvalue weighted by Crippen LogP contribution is -2.34. The van der Waals surface area contributed by atoms with Crippen molar-refractivity contribution in [3.8, 4) is 5.75 Å². The van der Waals surface area contributed by atoms with E-state index in [0.717, 1.165) is 0 Å². The molecule has 1 unspecified atom stereocenters. The number of nitrogens with zero attached hydrogens (tertiary/aromatic N) is 1. The van der Waals surface area contributed by atoms with Crippen LogP contribution in [-0.2, 0) is 25.7 Å². The van der Waals surface area contributed by atoms with Crippen LogP contribution in [0.4, 0.5) is 0 Å². The highest BCUT2D eigenvalue weighted by molar-refractivity contribution is 6.34. The van der Waals surface area contributed by atoms with Crippen LogP contribution in [0.1, 0.15) is 30.5 Å². The molecule has 0 bridgehead atoms. The fraction of sp³-hybridized carbons (Fsp3) is 0.320. The molecule has 0 saturated heterocycles. The fourth-order valence-electron chi connectivity index (χ4n) is 3.89. The summed E-state index contributed by atoms with van der Waals surface area (Å²) < 4.78 is 10.8. The van der Waals surface area contributed by atoms with E-state index in [-0.39, 0.29) is 24.4 Å². The van der Waals surface area contributed by atoms with Gasteiger partial charge in [0.1, 0.15) is 5.75 Å². The van der Waals surface area contributed by atoms with Gasteiger partial charge in [0.15, 0.2) is 12.4 Å². The normalized spacial score (nSPS) is 15.4. The first-order valence-corrected chi connectivity index (χ1v) is 12.0. The fourth-order valence-corrected chi connectivity index (χ4v) is 4.46. The summed E-state index contributed by atoms with van der Waals surface area (Å²) in [6.45, 7) is 2.34. The van der Waals surface area contributed by atoms with Crippen molar-refractivity contribution in [3.05, 3.63) is 75.0 Å². The minimum atomic E-state index is -1.18. The van der Waals surface area contributed by atoms with Crippen molar-refractivity contribution in [1.82, 2.24) is 10.2 Å². The molecule has 2 aromatic carbocycles. The number of benzene rings is 2. The number of aliphatic hydroxyl groups excluding tert-OH is 1. The minimum Gasteiger partial charge on any atom is -0.503 e. The number of hydrogen-bond acceptors (Lipinski definition) is 6. The number of carboxylic acids is 1. The number of carbonyl (C=O) groups excluding carboxylic acids is 2. The van der Waals surface area contributed by atoms with Gasteiger partial charge in [-0.2, -0.15) is 0 Å². The van der Waals surface area contributed by atoms with Gasteiger partial charge in [-0.15, -0.1) is 0 Å². The summed E-state index contributed by atoms with van der Waals surface area (Å²) >= 11 is 12.1. The number of nitrogens with one attached hydrogen (secondary N) is 1. The number of carboxylic acid groups (broad SMARTS) is 1. The SMILES string of the molecule is CCOCCCN1C(=O)C(O)=C(C(=O)NCc2cc(Cl)cc(Cl)c2)C1c1ccccc1OCC(=O)O. The summed E-state index contributed by atoms with van der Waals surface area (Å²) in [5.41, 5.74) is 0.819. The van der Waals surface area contributed by atoms with Gasteiger partial charge in [-0.3, -0.25) is 9.59 Å². The van der Waals surface area contributed by atoms with Crippen molar-refractivity contribution in [3.63, 3.8) is 0 Å². The van der Waals surface area contributed by atoms with E-state index in [1.165, 1.54) is 4.90 Å². The number of halogens is 2. The molecule has 0 spiro atoms. The largest absolute Gasteiger partial charge is 0.503 e. The molecule has 0 aromatic heterocycles. The van der Waals surface area contributed by atoms with Gasteiger partial charge in [-0.25, -0.2) is 4.79 Å². The molecule has 0 radical (unpaired) electrons. The van der Waals surface area contributed by atoms with Gasteiger partial charge in [0.05, 0.1) is 11.6 Å². The average molecular weight is 537 g/mol. The topological polar surface area (TPSA) is 125 Å². The first-order valence-electron chi connectivity index (χ1n) is 11.2. The van der Waals surface area contributed by atoms with Crippen molar-refractivity contribution >= 4 is 41.0 Å². The molecule has 9 nitrogen and oxygen atoms in total. The molecule has 1 aliphatic heterocycles. The van der Waals surface area contributed by atoms with E-state index < -0.39 is 36.2 Å². The Balaban J connectivity index is 1.93. The number of aliphatic carboxylic acids is 1. The molecule has 2 amide bonds. The molecule has 192 valence electrons. The predicted octanol–water partition coefficient (Wildman–Crippen LogP) is 3.90. The lowest BCUT2D eigenvalue weighted by molar-refractivity contribution is -0.139.